The summed E-state index contributed by atoms with van der Waals surface area (Å²) in [6.07, 6.45) is 3.36. The summed E-state index contributed by atoms with van der Waals surface area (Å²) >= 11 is 0. The fourth-order valence-electron chi connectivity index (χ4n) is 0.953. The van der Waals surface area contributed by atoms with Gasteiger partial charge in [-0.2, -0.15) is 0 Å². The first-order chi connectivity index (χ1) is 5.97. The largest absolute Gasteiger partial charge is 0.363 e. The van der Waals surface area contributed by atoms with Crippen LogP contribution in [0.25, 0.3) is 0 Å². The second-order valence-corrected chi connectivity index (χ2v) is 4.20. The predicted molar refractivity (Wildman–Crippen MR) is 49.2 cm³/mol. The van der Waals surface area contributed by atoms with Crippen molar-refractivity contribution >= 4 is 11.6 Å². The third-order valence-corrected chi connectivity index (χ3v) is 1.41. The van der Waals surface area contributed by atoms with Crippen molar-refractivity contribution < 1.29 is 9.32 Å². The number of rotatable bonds is 2. The molecule has 1 rings (SSSR count). The van der Waals surface area contributed by atoms with Crippen LogP contribution in [0.1, 0.15) is 27.2 Å². The maximum absolute atomic E-state index is 11.3. The molecule has 0 bridgehead atoms. The van der Waals surface area contributed by atoms with E-state index in [1.807, 2.05) is 20.8 Å². The van der Waals surface area contributed by atoms with Crippen molar-refractivity contribution in [3.8, 4) is 0 Å². The lowest BCUT2D eigenvalue weighted by Gasteiger charge is -2.16. The van der Waals surface area contributed by atoms with Crippen molar-refractivity contribution in [2.24, 2.45) is 5.41 Å². The van der Waals surface area contributed by atoms with E-state index in [0.717, 1.165) is 0 Å². The molecule has 4 nitrogen and oxygen atoms in total. The van der Waals surface area contributed by atoms with E-state index >= 15 is 0 Å². The summed E-state index contributed by atoms with van der Waals surface area (Å²) in [6, 6.07) is 0. The molecular weight excluding hydrogens is 168 g/mol. The molecule has 0 atom stereocenters. The SMILES string of the molecule is CC(C)(C)CC(=O)Nc1cnoc1. The maximum Gasteiger partial charge on any atom is 0.225 e. The van der Waals surface area contributed by atoms with Gasteiger partial charge in [0.2, 0.25) is 5.91 Å². The van der Waals surface area contributed by atoms with Crippen LogP contribution in [0.4, 0.5) is 5.69 Å². The maximum atomic E-state index is 11.3. The first kappa shape index (κ1) is 9.77. The number of nitrogens with one attached hydrogen (secondary N) is 1. The number of nitrogens with zero attached hydrogens (tertiary/aromatic N) is 1. The monoisotopic (exact) mass is 182 g/mol. The van der Waals surface area contributed by atoms with Crippen molar-refractivity contribution in [1.82, 2.24) is 5.16 Å². The Bertz CT molecular complexity index is 272. The molecule has 1 heterocycles. The molecule has 4 heteroatoms. The Kier molecular flexibility index (Phi) is 2.70. The molecule has 0 aliphatic rings. The van der Waals surface area contributed by atoms with Gasteiger partial charge in [0.25, 0.3) is 0 Å². The molecule has 1 aromatic rings. The summed E-state index contributed by atoms with van der Waals surface area (Å²) in [5.74, 6) is -0.0179. The van der Waals surface area contributed by atoms with Crippen molar-refractivity contribution in [1.29, 1.82) is 0 Å². The molecule has 0 unspecified atom stereocenters. The van der Waals surface area contributed by atoms with E-state index in [1.165, 1.54) is 12.5 Å². The molecule has 0 aliphatic carbocycles. The first-order valence-corrected chi connectivity index (χ1v) is 4.17. The number of hydrogen-bond acceptors (Lipinski definition) is 3. The van der Waals surface area contributed by atoms with Crippen LogP contribution in [0.2, 0.25) is 0 Å². The Morgan fingerprint density at radius 3 is 2.77 bits per heavy atom. The van der Waals surface area contributed by atoms with Gasteiger partial charge in [-0.05, 0) is 5.41 Å². The summed E-state index contributed by atoms with van der Waals surface area (Å²) in [5, 5.41) is 6.17. The van der Waals surface area contributed by atoms with Crippen LogP contribution in [0.5, 0.6) is 0 Å². The molecule has 0 aliphatic heterocycles. The summed E-state index contributed by atoms with van der Waals surface area (Å²) < 4.78 is 4.58. The molecule has 1 N–H and O–H groups in total. The molecule has 72 valence electrons. The minimum atomic E-state index is -0.0179. The summed E-state index contributed by atoms with van der Waals surface area (Å²) in [7, 11) is 0. The van der Waals surface area contributed by atoms with Gasteiger partial charge in [-0.1, -0.05) is 25.9 Å². The number of anilines is 1. The van der Waals surface area contributed by atoms with Gasteiger partial charge in [0.1, 0.15) is 12.0 Å². The Hall–Kier alpha value is -1.32. The predicted octanol–water partition coefficient (Wildman–Crippen LogP) is 2.05. The van der Waals surface area contributed by atoms with Crippen LogP contribution in [0.15, 0.2) is 17.0 Å². The fourth-order valence-corrected chi connectivity index (χ4v) is 0.953. The highest BCUT2D eigenvalue weighted by molar-refractivity contribution is 5.90. The van der Waals surface area contributed by atoms with Gasteiger partial charge in [0, 0.05) is 6.42 Å². The van der Waals surface area contributed by atoms with Gasteiger partial charge in [-0.25, -0.2) is 0 Å². The van der Waals surface area contributed by atoms with Gasteiger partial charge in [0.15, 0.2) is 0 Å². The molecule has 0 radical (unpaired) electrons. The van der Waals surface area contributed by atoms with E-state index < -0.39 is 0 Å². The lowest BCUT2D eigenvalue weighted by atomic mass is 9.92. The van der Waals surface area contributed by atoms with E-state index in [1.54, 1.807) is 0 Å². The van der Waals surface area contributed by atoms with E-state index in [4.69, 9.17) is 0 Å². The zero-order valence-electron chi connectivity index (χ0n) is 8.13. The average Bonchev–Trinajstić information content (AvgIpc) is 2.34. The van der Waals surface area contributed by atoms with Crippen LogP contribution >= 0.6 is 0 Å². The van der Waals surface area contributed by atoms with Gasteiger partial charge in [-0.3, -0.25) is 4.79 Å². The minimum absolute atomic E-state index is 0.00124. The Morgan fingerprint density at radius 2 is 2.31 bits per heavy atom. The topological polar surface area (TPSA) is 55.1 Å². The van der Waals surface area contributed by atoms with E-state index in [0.29, 0.717) is 12.1 Å². The highest BCUT2D eigenvalue weighted by Crippen LogP contribution is 2.19. The van der Waals surface area contributed by atoms with E-state index in [2.05, 4.69) is 15.0 Å². The number of hydrogen-bond donors (Lipinski definition) is 1. The number of carbonyl (C=O) groups excluding carboxylic acids is 1. The molecular formula is C9H14N2O2. The second kappa shape index (κ2) is 3.60. The Labute approximate surface area is 77.3 Å². The van der Waals surface area contributed by atoms with Gasteiger partial charge < -0.3 is 9.84 Å². The highest BCUT2D eigenvalue weighted by atomic mass is 16.5. The lowest BCUT2D eigenvalue weighted by molar-refractivity contribution is -0.117. The van der Waals surface area contributed by atoms with Gasteiger partial charge in [-0.15, -0.1) is 0 Å². The van der Waals surface area contributed by atoms with Crippen molar-refractivity contribution in [2.75, 3.05) is 5.32 Å². The van der Waals surface area contributed by atoms with Crippen LogP contribution < -0.4 is 5.32 Å². The molecule has 1 amide bonds. The smallest absolute Gasteiger partial charge is 0.225 e. The number of aromatic nitrogens is 1. The second-order valence-electron chi connectivity index (χ2n) is 4.20. The minimum Gasteiger partial charge on any atom is -0.363 e. The molecule has 0 fully saturated rings. The van der Waals surface area contributed by atoms with Crippen molar-refractivity contribution in [2.45, 2.75) is 27.2 Å². The average molecular weight is 182 g/mol. The molecule has 0 aromatic carbocycles. The normalized spacial score (nSPS) is 11.3. The zero-order valence-corrected chi connectivity index (χ0v) is 8.13. The third kappa shape index (κ3) is 3.73. The van der Waals surface area contributed by atoms with E-state index in [-0.39, 0.29) is 11.3 Å². The number of carbonyl (C=O) groups is 1. The molecule has 1 aromatic heterocycles. The highest BCUT2D eigenvalue weighted by Gasteiger charge is 2.16. The summed E-state index contributed by atoms with van der Waals surface area (Å²) in [4.78, 5) is 11.3. The van der Waals surface area contributed by atoms with Crippen LogP contribution in [0, 0.1) is 5.41 Å². The van der Waals surface area contributed by atoms with Crippen LogP contribution in [-0.4, -0.2) is 11.1 Å². The quantitative estimate of drug-likeness (QED) is 0.761. The fraction of sp³-hybridized carbons (Fsp3) is 0.556. The van der Waals surface area contributed by atoms with Gasteiger partial charge >= 0.3 is 0 Å². The molecule has 13 heavy (non-hydrogen) atoms. The summed E-state index contributed by atoms with van der Waals surface area (Å²) in [6.45, 7) is 6.04. The number of amides is 1. The standard InChI is InChI=1S/C9H14N2O2/c1-9(2,3)4-8(12)11-7-5-10-13-6-7/h5-6H,4H2,1-3H3,(H,11,12). The van der Waals surface area contributed by atoms with Crippen molar-refractivity contribution in [3.63, 3.8) is 0 Å². The van der Waals surface area contributed by atoms with Crippen LogP contribution in [0.3, 0.4) is 0 Å². The lowest BCUT2D eigenvalue weighted by Crippen LogP contribution is -2.19. The molecule has 0 spiro atoms. The van der Waals surface area contributed by atoms with Crippen LogP contribution in [-0.2, 0) is 4.79 Å². The Balaban J connectivity index is 2.43. The molecule has 0 saturated heterocycles. The van der Waals surface area contributed by atoms with Gasteiger partial charge in [0.05, 0.1) is 6.20 Å². The van der Waals surface area contributed by atoms with E-state index in [9.17, 15) is 4.79 Å². The van der Waals surface area contributed by atoms with Crippen molar-refractivity contribution in [3.05, 3.63) is 12.5 Å². The Morgan fingerprint density at radius 1 is 1.62 bits per heavy atom. The first-order valence-electron chi connectivity index (χ1n) is 4.17. The molecule has 0 saturated carbocycles. The summed E-state index contributed by atoms with van der Waals surface area (Å²) in [5.41, 5.74) is 0.607. The zero-order chi connectivity index (χ0) is 9.90. The third-order valence-electron chi connectivity index (χ3n) is 1.41.